The van der Waals surface area contributed by atoms with E-state index in [9.17, 15) is 13.2 Å². The molecule has 0 aliphatic heterocycles. The molecule has 0 spiro atoms. The summed E-state index contributed by atoms with van der Waals surface area (Å²) in [5, 5.41) is 1.72. The molecule has 2 aromatic heterocycles. The van der Waals surface area contributed by atoms with E-state index in [2.05, 4.69) is 15.3 Å². The highest BCUT2D eigenvalue weighted by Gasteiger charge is 2.30. The van der Waals surface area contributed by atoms with Gasteiger partial charge in [-0.05, 0) is 42.8 Å². The van der Waals surface area contributed by atoms with Crippen LogP contribution >= 0.6 is 0 Å². The van der Waals surface area contributed by atoms with Crippen molar-refractivity contribution in [2.45, 2.75) is 17.1 Å². The number of hydrogen-bond donors (Lipinski definition) is 1. The van der Waals surface area contributed by atoms with Gasteiger partial charge in [0, 0.05) is 25.1 Å². The zero-order valence-corrected chi connectivity index (χ0v) is 15.6. The third kappa shape index (κ3) is 4.38. The molecule has 0 radical (unpaired) electrons. The second-order valence-corrected chi connectivity index (χ2v) is 8.19. The zero-order valence-electron chi connectivity index (χ0n) is 14.7. The van der Waals surface area contributed by atoms with Crippen molar-refractivity contribution in [1.82, 2.24) is 15.3 Å². The fourth-order valence-electron chi connectivity index (χ4n) is 2.64. The lowest BCUT2D eigenvalue weighted by Gasteiger charge is -2.19. The van der Waals surface area contributed by atoms with Gasteiger partial charge in [0.1, 0.15) is 10.9 Å². The second kappa shape index (κ2) is 8.09. The van der Waals surface area contributed by atoms with Gasteiger partial charge >= 0.3 is 0 Å². The van der Waals surface area contributed by atoms with E-state index in [4.69, 9.17) is 0 Å². The molecule has 0 saturated heterocycles. The van der Waals surface area contributed by atoms with Crippen molar-refractivity contribution in [3.05, 3.63) is 90.0 Å². The molecule has 0 bridgehead atoms. The Morgan fingerprint density at radius 1 is 1.04 bits per heavy atom. The summed E-state index contributed by atoms with van der Waals surface area (Å²) >= 11 is 0. The Morgan fingerprint density at radius 3 is 2.44 bits per heavy atom. The Balaban J connectivity index is 1.90. The molecule has 0 unspecified atom stereocenters. The number of carbonyl (C=O) groups excluding carboxylic acids is 1. The van der Waals surface area contributed by atoms with Gasteiger partial charge < -0.3 is 5.32 Å². The summed E-state index contributed by atoms with van der Waals surface area (Å²) in [4.78, 5) is 20.5. The van der Waals surface area contributed by atoms with E-state index in [0.29, 0.717) is 5.56 Å². The first kappa shape index (κ1) is 18.7. The Hall–Kier alpha value is -3.06. The van der Waals surface area contributed by atoms with Crippen LogP contribution in [0.2, 0.25) is 0 Å². The zero-order chi connectivity index (χ0) is 19.3. The second-order valence-electron chi connectivity index (χ2n) is 6.06. The van der Waals surface area contributed by atoms with Crippen molar-refractivity contribution in [3.63, 3.8) is 0 Å². The fourth-order valence-corrected chi connectivity index (χ4v) is 4.28. The standard InChI is InChI=1S/C20H19N3O3S/c1-15-7-9-17(10-8-15)27(25,26)19(16-5-4-11-21-13-16)14-23-20(24)18-6-2-3-12-22-18/h2-13,19H,14H2,1H3,(H,23,24)/t19-/m0/s1. The number of nitrogens with one attached hydrogen (secondary N) is 1. The predicted octanol–water partition coefficient (Wildman–Crippen LogP) is 2.73. The van der Waals surface area contributed by atoms with E-state index in [-0.39, 0.29) is 17.1 Å². The summed E-state index contributed by atoms with van der Waals surface area (Å²) in [6.45, 7) is 1.80. The number of carbonyl (C=O) groups is 1. The number of nitrogens with zero attached hydrogens (tertiary/aromatic N) is 2. The highest BCUT2D eigenvalue weighted by molar-refractivity contribution is 7.91. The number of pyridine rings is 2. The van der Waals surface area contributed by atoms with Crippen molar-refractivity contribution in [2.75, 3.05) is 6.54 Å². The summed E-state index contributed by atoms with van der Waals surface area (Å²) in [6.07, 6.45) is 4.59. The van der Waals surface area contributed by atoms with Gasteiger partial charge in [0.2, 0.25) is 0 Å². The highest BCUT2D eigenvalue weighted by atomic mass is 32.2. The number of amides is 1. The molecule has 138 valence electrons. The third-order valence-electron chi connectivity index (χ3n) is 4.13. The minimum Gasteiger partial charge on any atom is -0.349 e. The molecule has 2 heterocycles. The topological polar surface area (TPSA) is 89.0 Å². The van der Waals surface area contributed by atoms with Crippen LogP contribution in [0.15, 0.2) is 78.1 Å². The van der Waals surface area contributed by atoms with Gasteiger partial charge in [-0.3, -0.25) is 14.8 Å². The number of rotatable bonds is 6. The number of hydrogen-bond acceptors (Lipinski definition) is 5. The van der Waals surface area contributed by atoms with Crippen molar-refractivity contribution in [1.29, 1.82) is 0 Å². The average molecular weight is 381 g/mol. The molecule has 1 amide bonds. The van der Waals surface area contributed by atoms with Crippen LogP contribution in [0.3, 0.4) is 0 Å². The van der Waals surface area contributed by atoms with E-state index in [0.717, 1.165) is 5.56 Å². The summed E-state index contributed by atoms with van der Waals surface area (Å²) in [5.74, 6) is -0.427. The molecule has 3 aromatic rings. The van der Waals surface area contributed by atoms with E-state index < -0.39 is 21.0 Å². The molecule has 3 rings (SSSR count). The molecule has 1 aromatic carbocycles. The summed E-state index contributed by atoms with van der Waals surface area (Å²) in [5.41, 5.74) is 1.71. The Kier molecular flexibility index (Phi) is 5.61. The molecule has 0 aliphatic carbocycles. The average Bonchev–Trinajstić information content (AvgIpc) is 2.69. The molecule has 0 aliphatic rings. The minimum absolute atomic E-state index is 0.0860. The quantitative estimate of drug-likeness (QED) is 0.709. The van der Waals surface area contributed by atoms with Crippen LogP contribution in [-0.4, -0.2) is 30.8 Å². The molecule has 6 nitrogen and oxygen atoms in total. The van der Waals surface area contributed by atoms with E-state index in [1.165, 1.54) is 12.4 Å². The van der Waals surface area contributed by atoms with Crippen LogP contribution in [0.1, 0.15) is 26.9 Å². The van der Waals surface area contributed by atoms with Crippen LogP contribution in [0.25, 0.3) is 0 Å². The van der Waals surface area contributed by atoms with Gasteiger partial charge in [0.25, 0.3) is 5.91 Å². The van der Waals surface area contributed by atoms with Gasteiger partial charge in [-0.2, -0.15) is 0 Å². The monoisotopic (exact) mass is 381 g/mol. The molecule has 1 N–H and O–H groups in total. The summed E-state index contributed by atoms with van der Waals surface area (Å²) < 4.78 is 26.4. The van der Waals surface area contributed by atoms with Crippen LogP contribution in [0, 0.1) is 6.92 Å². The summed E-state index contributed by atoms with van der Waals surface area (Å²) in [6, 6.07) is 15.0. The first-order valence-corrected chi connectivity index (χ1v) is 9.93. The number of benzene rings is 1. The number of aryl methyl sites for hydroxylation is 1. The van der Waals surface area contributed by atoms with Crippen LogP contribution in [0.5, 0.6) is 0 Å². The van der Waals surface area contributed by atoms with Crippen LogP contribution in [-0.2, 0) is 9.84 Å². The SMILES string of the molecule is Cc1ccc(S(=O)(=O)[C@@H](CNC(=O)c2ccccn2)c2cccnc2)cc1. The molecule has 27 heavy (non-hydrogen) atoms. The first-order valence-electron chi connectivity index (χ1n) is 8.38. The van der Waals surface area contributed by atoms with E-state index in [1.54, 1.807) is 60.8 Å². The molecule has 7 heteroatoms. The molecular weight excluding hydrogens is 362 g/mol. The van der Waals surface area contributed by atoms with Crippen molar-refractivity contribution >= 4 is 15.7 Å². The van der Waals surface area contributed by atoms with Crippen molar-refractivity contribution < 1.29 is 13.2 Å². The normalized spacial score (nSPS) is 12.3. The van der Waals surface area contributed by atoms with Gasteiger partial charge in [-0.1, -0.05) is 29.8 Å². The van der Waals surface area contributed by atoms with Gasteiger partial charge in [-0.15, -0.1) is 0 Å². The molecule has 0 fully saturated rings. The fraction of sp³-hybridized carbons (Fsp3) is 0.150. The Bertz CT molecular complexity index is 1010. The largest absolute Gasteiger partial charge is 0.349 e. The van der Waals surface area contributed by atoms with Crippen LogP contribution in [0.4, 0.5) is 0 Å². The maximum Gasteiger partial charge on any atom is 0.269 e. The number of aromatic nitrogens is 2. The van der Waals surface area contributed by atoms with Gasteiger partial charge in [0.15, 0.2) is 9.84 Å². The van der Waals surface area contributed by atoms with Gasteiger partial charge in [-0.25, -0.2) is 8.42 Å². The van der Waals surface area contributed by atoms with Crippen molar-refractivity contribution in [2.24, 2.45) is 0 Å². The first-order chi connectivity index (χ1) is 13.0. The van der Waals surface area contributed by atoms with Crippen LogP contribution < -0.4 is 5.32 Å². The highest BCUT2D eigenvalue weighted by Crippen LogP contribution is 2.28. The molecular formula is C20H19N3O3S. The Morgan fingerprint density at radius 2 is 1.81 bits per heavy atom. The van der Waals surface area contributed by atoms with Gasteiger partial charge in [0.05, 0.1) is 4.90 Å². The minimum atomic E-state index is -3.72. The lowest BCUT2D eigenvalue weighted by atomic mass is 10.2. The molecule has 0 saturated carbocycles. The predicted molar refractivity (Wildman–Crippen MR) is 102 cm³/mol. The lowest BCUT2D eigenvalue weighted by molar-refractivity contribution is 0.0948. The van der Waals surface area contributed by atoms with E-state index >= 15 is 0 Å². The number of sulfone groups is 1. The maximum atomic E-state index is 13.2. The van der Waals surface area contributed by atoms with Crippen molar-refractivity contribution in [3.8, 4) is 0 Å². The third-order valence-corrected chi connectivity index (χ3v) is 6.24. The van der Waals surface area contributed by atoms with E-state index in [1.807, 2.05) is 6.92 Å². The smallest absolute Gasteiger partial charge is 0.269 e. The lowest BCUT2D eigenvalue weighted by Crippen LogP contribution is -2.32. The maximum absolute atomic E-state index is 13.2. The molecule has 1 atom stereocenters. The Labute approximate surface area is 158 Å². The summed E-state index contributed by atoms with van der Waals surface area (Å²) in [7, 11) is -3.72.